The predicted molar refractivity (Wildman–Crippen MR) is 152 cm³/mol. The molecule has 0 bridgehead atoms. The molecule has 0 radical (unpaired) electrons. The molecule has 1 saturated heterocycles. The molecule has 1 aliphatic rings. The lowest BCUT2D eigenvalue weighted by molar-refractivity contribution is 0.102. The van der Waals surface area contributed by atoms with E-state index in [2.05, 4.69) is 28.8 Å². The van der Waals surface area contributed by atoms with E-state index in [1.165, 1.54) is 4.31 Å². The Morgan fingerprint density at radius 3 is 2.69 bits per heavy atom. The fraction of sp³-hybridized carbons (Fsp3) is 0.310. The molecule has 4 aromatic rings. The fourth-order valence-electron chi connectivity index (χ4n) is 5.17. The Hall–Kier alpha value is -3.89. The highest BCUT2D eigenvalue weighted by Gasteiger charge is 2.35. The Bertz CT molecular complexity index is 1630. The van der Waals surface area contributed by atoms with Crippen LogP contribution in [-0.2, 0) is 16.4 Å². The van der Waals surface area contributed by atoms with Crippen molar-refractivity contribution in [3.63, 3.8) is 0 Å². The Labute approximate surface area is 228 Å². The molecule has 5 rings (SSSR count). The molecule has 1 fully saturated rings. The highest BCUT2D eigenvalue weighted by Crippen LogP contribution is 2.36. The average Bonchev–Trinajstić information content (AvgIpc) is 3.34. The number of amides is 1. The summed E-state index contributed by atoms with van der Waals surface area (Å²) in [6.45, 7) is 7.96. The van der Waals surface area contributed by atoms with Gasteiger partial charge in [-0.25, -0.2) is 18.4 Å². The van der Waals surface area contributed by atoms with Gasteiger partial charge in [-0.05, 0) is 56.0 Å². The maximum Gasteiger partial charge on any atom is 0.256 e. The number of aryl methyl sites for hydroxylation is 2. The quantitative estimate of drug-likeness (QED) is 0.322. The summed E-state index contributed by atoms with van der Waals surface area (Å²) in [5, 5.41) is 3.88. The van der Waals surface area contributed by atoms with E-state index in [0.29, 0.717) is 35.9 Å². The zero-order valence-electron chi connectivity index (χ0n) is 22.2. The largest absolute Gasteiger partial charge is 0.307 e. The Morgan fingerprint density at radius 1 is 1.15 bits per heavy atom. The summed E-state index contributed by atoms with van der Waals surface area (Å²) in [4.78, 5) is 26.6. The number of carbonyl (C=O) groups excluding carboxylic acids is 1. The van der Waals surface area contributed by atoms with Crippen LogP contribution in [0, 0.1) is 6.92 Å². The van der Waals surface area contributed by atoms with Gasteiger partial charge < -0.3 is 5.32 Å². The van der Waals surface area contributed by atoms with Crippen LogP contribution in [-0.4, -0.2) is 44.5 Å². The third-order valence-corrected chi connectivity index (χ3v) is 8.59. The number of fused-ring (bicyclic) bond motifs is 1. The molecule has 9 nitrogen and oxygen atoms in total. The zero-order valence-corrected chi connectivity index (χ0v) is 23.0. The van der Waals surface area contributed by atoms with Gasteiger partial charge in [-0.3, -0.25) is 14.2 Å². The molecular weight excluding hydrogens is 512 g/mol. The molecule has 10 heteroatoms. The standard InChI is InChI=1S/C29H32N6O3S/c1-4-8-21-14-15-31-25(19-21)32-29(36)23-12-10-22(11-13-23)26-27-20(3)30-16-18-34(27)28(33-26)24-9-6-7-17-35(24)39(37,38)5-2/h5,10-16,18-19,24H,2,4,6-9,17H2,1,3H3,(H,31,32,36)/t24-/m0/s1. The van der Waals surface area contributed by atoms with Crippen molar-refractivity contribution in [2.45, 2.75) is 52.0 Å². The van der Waals surface area contributed by atoms with Crippen molar-refractivity contribution in [3.8, 4) is 11.3 Å². The van der Waals surface area contributed by atoms with E-state index in [9.17, 15) is 13.2 Å². The molecule has 0 saturated carbocycles. The van der Waals surface area contributed by atoms with E-state index >= 15 is 0 Å². The number of rotatable bonds is 8. The van der Waals surface area contributed by atoms with Crippen LogP contribution in [0.15, 0.2) is 67.0 Å². The van der Waals surface area contributed by atoms with Crippen LogP contribution >= 0.6 is 0 Å². The molecule has 0 spiro atoms. The van der Waals surface area contributed by atoms with Gasteiger partial charge in [0.15, 0.2) is 0 Å². The monoisotopic (exact) mass is 544 g/mol. The molecule has 3 aromatic heterocycles. The summed E-state index contributed by atoms with van der Waals surface area (Å²) >= 11 is 0. The summed E-state index contributed by atoms with van der Waals surface area (Å²) in [5.41, 5.74) is 4.71. The van der Waals surface area contributed by atoms with E-state index in [1.807, 2.05) is 41.8 Å². The van der Waals surface area contributed by atoms with Gasteiger partial charge in [0.05, 0.1) is 22.9 Å². The minimum Gasteiger partial charge on any atom is -0.307 e. The maximum absolute atomic E-state index is 12.9. The summed E-state index contributed by atoms with van der Waals surface area (Å²) in [7, 11) is -3.62. The van der Waals surface area contributed by atoms with Gasteiger partial charge in [0.25, 0.3) is 5.91 Å². The molecule has 202 valence electrons. The van der Waals surface area contributed by atoms with Crippen molar-refractivity contribution in [1.29, 1.82) is 0 Å². The highest BCUT2D eigenvalue weighted by molar-refractivity contribution is 7.92. The number of hydrogen-bond donors (Lipinski definition) is 1. The topological polar surface area (TPSA) is 110 Å². The lowest BCUT2D eigenvalue weighted by atomic mass is 10.0. The molecule has 39 heavy (non-hydrogen) atoms. The lowest BCUT2D eigenvalue weighted by Crippen LogP contribution is -2.38. The Kier molecular flexibility index (Phi) is 7.58. The molecule has 1 aromatic carbocycles. The van der Waals surface area contributed by atoms with Gasteiger partial charge in [0.2, 0.25) is 10.0 Å². The summed E-state index contributed by atoms with van der Waals surface area (Å²) in [5.74, 6) is 0.923. The van der Waals surface area contributed by atoms with Crippen LogP contribution in [0.2, 0.25) is 0 Å². The normalized spacial score (nSPS) is 16.3. The zero-order chi connectivity index (χ0) is 27.6. The number of nitrogens with zero attached hydrogens (tertiary/aromatic N) is 5. The first-order chi connectivity index (χ1) is 18.8. The first kappa shape index (κ1) is 26.7. The molecule has 0 unspecified atom stereocenters. The minimum absolute atomic E-state index is 0.247. The number of imidazole rings is 1. The number of piperidine rings is 1. The Morgan fingerprint density at radius 2 is 1.95 bits per heavy atom. The van der Waals surface area contributed by atoms with Crippen molar-refractivity contribution in [1.82, 2.24) is 23.7 Å². The van der Waals surface area contributed by atoms with E-state index in [0.717, 1.165) is 53.4 Å². The van der Waals surface area contributed by atoms with E-state index in [1.54, 1.807) is 24.5 Å². The number of aromatic nitrogens is 4. The second-order valence-electron chi connectivity index (χ2n) is 9.71. The van der Waals surface area contributed by atoms with Crippen molar-refractivity contribution in [3.05, 3.63) is 89.6 Å². The number of benzene rings is 1. The molecule has 1 amide bonds. The van der Waals surface area contributed by atoms with Crippen LogP contribution in [0.5, 0.6) is 0 Å². The molecule has 1 atom stereocenters. The highest BCUT2D eigenvalue weighted by atomic mass is 32.2. The number of carbonyl (C=O) groups is 1. The van der Waals surface area contributed by atoms with Gasteiger partial charge in [-0.1, -0.05) is 38.5 Å². The van der Waals surface area contributed by atoms with Crippen LogP contribution < -0.4 is 5.32 Å². The summed E-state index contributed by atoms with van der Waals surface area (Å²) in [6, 6.07) is 10.7. The van der Waals surface area contributed by atoms with Crippen LogP contribution in [0.25, 0.3) is 16.8 Å². The van der Waals surface area contributed by atoms with Crippen LogP contribution in [0.1, 0.15) is 66.1 Å². The van der Waals surface area contributed by atoms with E-state index < -0.39 is 16.1 Å². The smallest absolute Gasteiger partial charge is 0.256 e. The van der Waals surface area contributed by atoms with Crippen molar-refractivity contribution >= 4 is 27.3 Å². The molecular formula is C29H32N6O3S. The first-order valence-electron chi connectivity index (χ1n) is 13.2. The van der Waals surface area contributed by atoms with Crippen molar-refractivity contribution < 1.29 is 13.2 Å². The van der Waals surface area contributed by atoms with Gasteiger partial charge in [0, 0.05) is 41.7 Å². The predicted octanol–water partition coefficient (Wildman–Crippen LogP) is 5.30. The van der Waals surface area contributed by atoms with E-state index in [-0.39, 0.29) is 5.91 Å². The molecule has 1 N–H and O–H groups in total. The number of sulfonamides is 1. The number of pyridine rings is 1. The molecule has 4 heterocycles. The SMILES string of the molecule is C=CS(=O)(=O)N1CCCC[C@H]1c1nc(-c2ccc(C(=O)Nc3cc(CCC)ccn3)cc2)c2c(C)nccn12. The summed E-state index contributed by atoms with van der Waals surface area (Å²) < 4.78 is 29.1. The number of nitrogens with one attached hydrogen (secondary N) is 1. The minimum atomic E-state index is -3.62. The number of anilines is 1. The fourth-order valence-corrected chi connectivity index (χ4v) is 6.30. The summed E-state index contributed by atoms with van der Waals surface area (Å²) in [6.07, 6.45) is 9.53. The van der Waals surface area contributed by atoms with Crippen LogP contribution in [0.4, 0.5) is 5.82 Å². The van der Waals surface area contributed by atoms with Crippen LogP contribution in [0.3, 0.4) is 0 Å². The third-order valence-electron chi connectivity index (χ3n) is 7.08. The van der Waals surface area contributed by atoms with Gasteiger partial charge >= 0.3 is 0 Å². The van der Waals surface area contributed by atoms with Gasteiger partial charge in [-0.2, -0.15) is 4.31 Å². The average molecular weight is 545 g/mol. The van der Waals surface area contributed by atoms with Crippen molar-refractivity contribution in [2.75, 3.05) is 11.9 Å². The first-order valence-corrected chi connectivity index (χ1v) is 14.7. The maximum atomic E-state index is 12.9. The molecule has 1 aliphatic heterocycles. The number of hydrogen-bond acceptors (Lipinski definition) is 6. The molecule has 0 aliphatic carbocycles. The van der Waals surface area contributed by atoms with E-state index in [4.69, 9.17) is 4.98 Å². The second-order valence-corrected chi connectivity index (χ2v) is 11.5. The second kappa shape index (κ2) is 11.1. The van der Waals surface area contributed by atoms with Crippen molar-refractivity contribution in [2.24, 2.45) is 0 Å². The lowest BCUT2D eigenvalue weighted by Gasteiger charge is -2.32. The third kappa shape index (κ3) is 5.35. The van der Waals surface area contributed by atoms with Gasteiger partial charge in [0.1, 0.15) is 11.6 Å². The van der Waals surface area contributed by atoms with Gasteiger partial charge in [-0.15, -0.1) is 0 Å². The Balaban J connectivity index is 1.48.